The lowest BCUT2D eigenvalue weighted by Crippen LogP contribution is -2.09. The molecule has 3 aromatic carbocycles. The maximum Gasteiger partial charge on any atom is 0.343 e. The number of rotatable bonds is 6. The van der Waals surface area contributed by atoms with Crippen LogP contribution in [0.15, 0.2) is 91.5 Å². The molecule has 0 aliphatic heterocycles. The second-order valence-corrected chi connectivity index (χ2v) is 5.38. The Hall–Kier alpha value is -3.84. The number of nitriles is 1. The average Bonchev–Trinajstić information content (AvgIpc) is 2.75. The number of carbonyl (C=O) groups excluding carboxylic acids is 1. The third-order valence-corrected chi connectivity index (χ3v) is 3.63. The van der Waals surface area contributed by atoms with Crippen molar-refractivity contribution in [2.24, 2.45) is 0 Å². The normalized spacial score (nSPS) is 9.41. The van der Waals surface area contributed by atoms with Crippen molar-refractivity contribution in [3.63, 3.8) is 0 Å². The zero-order valence-electron chi connectivity index (χ0n) is 14.7. The maximum atomic E-state index is 12.4. The standard InChI is InChI=1S/C22H18O3.CHN/c1-2-16-24-19-14-12-18(13-15-19)22(23)25-21-11-7-6-10-20(21)17-8-4-3-5-9-17;1-2/h2-15H,1,16H2;1H. The van der Waals surface area contributed by atoms with Gasteiger partial charge in [0.25, 0.3) is 0 Å². The van der Waals surface area contributed by atoms with Gasteiger partial charge in [0.1, 0.15) is 18.1 Å². The molecule has 0 bridgehead atoms. The Morgan fingerprint density at radius 1 is 0.926 bits per heavy atom. The SMILES string of the molecule is C#N.C=CCOc1ccc(C(=O)Oc2ccccc2-c2ccccc2)cc1. The molecule has 0 unspecified atom stereocenters. The van der Waals surface area contributed by atoms with E-state index in [2.05, 4.69) is 13.2 Å². The van der Waals surface area contributed by atoms with Gasteiger partial charge in [0.15, 0.2) is 0 Å². The maximum absolute atomic E-state index is 12.4. The molecule has 0 amide bonds. The van der Waals surface area contributed by atoms with Crippen molar-refractivity contribution >= 4 is 5.97 Å². The summed E-state index contributed by atoms with van der Waals surface area (Å²) in [4.78, 5) is 12.4. The highest BCUT2D eigenvalue weighted by atomic mass is 16.5. The summed E-state index contributed by atoms with van der Waals surface area (Å²) in [7, 11) is 0. The second kappa shape index (κ2) is 10.2. The van der Waals surface area contributed by atoms with Gasteiger partial charge in [0.05, 0.1) is 5.56 Å². The number of esters is 1. The molecule has 0 aliphatic rings. The largest absolute Gasteiger partial charge is 0.490 e. The molecule has 0 saturated heterocycles. The highest BCUT2D eigenvalue weighted by molar-refractivity contribution is 5.92. The third kappa shape index (κ3) is 5.32. The molecule has 4 nitrogen and oxygen atoms in total. The van der Waals surface area contributed by atoms with Crippen molar-refractivity contribution in [2.75, 3.05) is 6.61 Å². The highest BCUT2D eigenvalue weighted by Gasteiger charge is 2.12. The minimum atomic E-state index is -0.404. The van der Waals surface area contributed by atoms with E-state index in [1.54, 1.807) is 36.4 Å². The first-order chi connectivity index (χ1) is 13.3. The van der Waals surface area contributed by atoms with Crippen molar-refractivity contribution in [1.82, 2.24) is 0 Å². The zero-order valence-corrected chi connectivity index (χ0v) is 14.7. The number of para-hydroxylation sites is 1. The van der Waals surface area contributed by atoms with Crippen LogP contribution in [0.3, 0.4) is 0 Å². The van der Waals surface area contributed by atoms with Gasteiger partial charge in [-0.2, -0.15) is 0 Å². The summed E-state index contributed by atoms with van der Waals surface area (Å²) >= 11 is 0. The first kappa shape index (κ1) is 19.5. The molecular formula is C23H19NO3. The molecule has 3 rings (SSSR count). The lowest BCUT2D eigenvalue weighted by molar-refractivity contribution is 0.0735. The summed E-state index contributed by atoms with van der Waals surface area (Å²) in [5.74, 6) is 0.811. The fourth-order valence-corrected chi connectivity index (χ4v) is 2.41. The Bertz CT molecular complexity index is 900. The molecule has 0 saturated carbocycles. The summed E-state index contributed by atoms with van der Waals surface area (Å²) in [5.41, 5.74) is 2.34. The van der Waals surface area contributed by atoms with Crippen molar-refractivity contribution in [2.45, 2.75) is 0 Å². The van der Waals surface area contributed by atoms with Gasteiger partial charge in [0.2, 0.25) is 0 Å². The molecule has 3 aromatic rings. The van der Waals surface area contributed by atoms with Gasteiger partial charge in [-0.1, -0.05) is 61.2 Å². The minimum absolute atomic E-state index is 0.404. The zero-order chi connectivity index (χ0) is 19.5. The predicted molar refractivity (Wildman–Crippen MR) is 106 cm³/mol. The molecule has 0 heterocycles. The van der Waals surface area contributed by atoms with Gasteiger partial charge in [-0.3, -0.25) is 0 Å². The highest BCUT2D eigenvalue weighted by Crippen LogP contribution is 2.30. The van der Waals surface area contributed by atoms with Gasteiger partial charge in [-0.05, 0) is 35.9 Å². The van der Waals surface area contributed by atoms with E-state index in [0.29, 0.717) is 23.7 Å². The quantitative estimate of drug-likeness (QED) is 0.342. The molecular weight excluding hydrogens is 338 g/mol. The summed E-state index contributed by atoms with van der Waals surface area (Å²) < 4.78 is 11.0. The lowest BCUT2D eigenvalue weighted by Gasteiger charge is -2.10. The Kier molecular flexibility index (Phi) is 7.37. The van der Waals surface area contributed by atoms with E-state index in [-0.39, 0.29) is 0 Å². The second-order valence-electron chi connectivity index (χ2n) is 5.38. The third-order valence-electron chi connectivity index (χ3n) is 3.63. The number of ether oxygens (including phenoxy) is 2. The van der Waals surface area contributed by atoms with E-state index in [0.717, 1.165) is 11.1 Å². The minimum Gasteiger partial charge on any atom is -0.490 e. The van der Waals surface area contributed by atoms with Crippen molar-refractivity contribution in [3.8, 4) is 29.2 Å². The van der Waals surface area contributed by atoms with Crippen LogP contribution in [0.2, 0.25) is 0 Å². The van der Waals surface area contributed by atoms with Crippen LogP contribution in [0.5, 0.6) is 11.5 Å². The number of benzene rings is 3. The van der Waals surface area contributed by atoms with Crippen LogP contribution in [0.4, 0.5) is 0 Å². The molecule has 4 heteroatoms. The smallest absolute Gasteiger partial charge is 0.343 e. The first-order valence-corrected chi connectivity index (χ1v) is 8.24. The van der Waals surface area contributed by atoms with Crippen LogP contribution in [-0.2, 0) is 0 Å². The van der Waals surface area contributed by atoms with Crippen molar-refractivity contribution in [3.05, 3.63) is 97.1 Å². The Morgan fingerprint density at radius 3 is 2.22 bits per heavy atom. The van der Waals surface area contributed by atoms with Crippen LogP contribution in [0.1, 0.15) is 10.4 Å². The molecule has 27 heavy (non-hydrogen) atoms. The van der Waals surface area contributed by atoms with E-state index in [1.165, 1.54) is 0 Å². The molecule has 0 aliphatic carbocycles. The summed E-state index contributed by atoms with van der Waals surface area (Å²) in [6.07, 6.45) is 1.67. The van der Waals surface area contributed by atoms with Gasteiger partial charge in [0, 0.05) is 12.1 Å². The van der Waals surface area contributed by atoms with E-state index in [9.17, 15) is 4.79 Å². The van der Waals surface area contributed by atoms with Crippen molar-refractivity contribution in [1.29, 1.82) is 5.26 Å². The van der Waals surface area contributed by atoms with E-state index >= 15 is 0 Å². The Balaban J connectivity index is 0.00000126. The van der Waals surface area contributed by atoms with Gasteiger partial charge in [-0.25, -0.2) is 10.1 Å². The van der Waals surface area contributed by atoms with Crippen LogP contribution >= 0.6 is 0 Å². The van der Waals surface area contributed by atoms with E-state index in [4.69, 9.17) is 14.7 Å². The molecule has 0 fully saturated rings. The van der Waals surface area contributed by atoms with Crippen LogP contribution in [0.25, 0.3) is 11.1 Å². The number of hydrogen-bond donors (Lipinski definition) is 0. The van der Waals surface area contributed by atoms with Gasteiger partial charge < -0.3 is 9.47 Å². The van der Waals surface area contributed by atoms with Crippen LogP contribution in [-0.4, -0.2) is 12.6 Å². The molecule has 0 N–H and O–H groups in total. The Labute approximate surface area is 158 Å². The van der Waals surface area contributed by atoms with Crippen LogP contribution in [0, 0.1) is 11.8 Å². The van der Waals surface area contributed by atoms with Gasteiger partial charge in [-0.15, -0.1) is 0 Å². The van der Waals surface area contributed by atoms with E-state index in [1.807, 2.05) is 48.5 Å². The van der Waals surface area contributed by atoms with E-state index < -0.39 is 5.97 Å². The molecule has 0 aromatic heterocycles. The summed E-state index contributed by atoms with van der Waals surface area (Å²) in [6, 6.07) is 24.2. The number of hydrogen-bond acceptors (Lipinski definition) is 4. The number of nitrogens with zero attached hydrogens (tertiary/aromatic N) is 1. The first-order valence-electron chi connectivity index (χ1n) is 8.24. The molecule has 0 atom stereocenters. The van der Waals surface area contributed by atoms with Crippen LogP contribution < -0.4 is 9.47 Å². The number of carbonyl (C=O) groups is 1. The summed E-state index contributed by atoms with van der Waals surface area (Å²) in [6.45, 7) is 7.53. The topological polar surface area (TPSA) is 59.3 Å². The van der Waals surface area contributed by atoms with Crippen molar-refractivity contribution < 1.29 is 14.3 Å². The fraction of sp³-hybridized carbons (Fsp3) is 0.0435. The fourth-order valence-electron chi connectivity index (χ4n) is 2.41. The molecule has 134 valence electrons. The van der Waals surface area contributed by atoms with Gasteiger partial charge >= 0.3 is 5.97 Å². The monoisotopic (exact) mass is 357 g/mol. The Morgan fingerprint density at radius 2 is 1.56 bits per heavy atom. The molecule has 0 radical (unpaired) electrons. The average molecular weight is 357 g/mol. The summed E-state index contributed by atoms with van der Waals surface area (Å²) in [5, 5.41) is 6.50. The predicted octanol–water partition coefficient (Wildman–Crippen LogP) is 5.28. The lowest BCUT2D eigenvalue weighted by atomic mass is 10.0. The molecule has 0 spiro atoms.